The van der Waals surface area contributed by atoms with Gasteiger partial charge >= 0.3 is 0 Å². The molecular weight excluding hydrogens is 458 g/mol. The first-order valence-electron chi connectivity index (χ1n) is 10.1. The Labute approximate surface area is 190 Å². The second kappa shape index (κ2) is 9.00. The van der Waals surface area contributed by atoms with Crippen LogP contribution < -0.4 is 5.32 Å². The van der Waals surface area contributed by atoms with Crippen molar-refractivity contribution in [3.8, 4) is 11.5 Å². The zero-order chi connectivity index (χ0) is 22.9. The largest absolute Gasteiger partial charge is 0.361 e. The third-order valence-electron chi connectivity index (χ3n) is 5.29. The minimum atomic E-state index is -4.06. The van der Waals surface area contributed by atoms with E-state index in [1.165, 1.54) is 24.3 Å². The summed E-state index contributed by atoms with van der Waals surface area (Å²) in [5, 5.41) is 11.0. The number of aromatic nitrogens is 3. The molecule has 0 spiro atoms. The van der Waals surface area contributed by atoms with Gasteiger partial charge in [0, 0.05) is 11.6 Å². The molecule has 1 aliphatic rings. The SMILES string of the molecule is Cc1noc(C)c1-c1nc(CN([C@@H]2CCCCNC2=O)S(=O)(=O)c2ccc(Cl)cc2)no1. The van der Waals surface area contributed by atoms with Crippen molar-refractivity contribution in [1.29, 1.82) is 0 Å². The number of nitrogens with one attached hydrogen (secondary N) is 1. The van der Waals surface area contributed by atoms with Crippen LogP contribution in [0.4, 0.5) is 0 Å². The zero-order valence-corrected chi connectivity index (χ0v) is 19.1. The highest BCUT2D eigenvalue weighted by molar-refractivity contribution is 7.89. The lowest BCUT2D eigenvalue weighted by atomic mass is 10.1. The lowest BCUT2D eigenvalue weighted by Gasteiger charge is -2.28. The number of halogens is 1. The van der Waals surface area contributed by atoms with Gasteiger partial charge in [-0.25, -0.2) is 8.42 Å². The number of hydrogen-bond donors (Lipinski definition) is 1. The summed E-state index contributed by atoms with van der Waals surface area (Å²) in [6, 6.07) is 4.89. The van der Waals surface area contributed by atoms with Crippen LogP contribution in [0.25, 0.3) is 11.5 Å². The van der Waals surface area contributed by atoms with Crippen molar-refractivity contribution >= 4 is 27.5 Å². The molecule has 170 valence electrons. The number of carbonyl (C=O) groups is 1. The zero-order valence-electron chi connectivity index (χ0n) is 17.5. The van der Waals surface area contributed by atoms with E-state index in [0.29, 0.717) is 41.4 Å². The minimum Gasteiger partial charge on any atom is -0.361 e. The number of nitrogens with zero attached hydrogens (tertiary/aromatic N) is 4. The summed E-state index contributed by atoms with van der Waals surface area (Å²) >= 11 is 5.92. The lowest BCUT2D eigenvalue weighted by Crippen LogP contribution is -2.48. The van der Waals surface area contributed by atoms with Crippen molar-refractivity contribution in [3.05, 3.63) is 46.6 Å². The molecule has 1 aromatic carbocycles. The van der Waals surface area contributed by atoms with E-state index < -0.39 is 16.1 Å². The molecule has 0 radical (unpaired) electrons. The van der Waals surface area contributed by atoms with E-state index in [9.17, 15) is 13.2 Å². The van der Waals surface area contributed by atoms with E-state index in [2.05, 4.69) is 20.6 Å². The molecule has 1 N–H and O–H groups in total. The van der Waals surface area contributed by atoms with E-state index in [-0.39, 0.29) is 29.1 Å². The predicted molar refractivity (Wildman–Crippen MR) is 114 cm³/mol. The fourth-order valence-corrected chi connectivity index (χ4v) is 5.35. The molecule has 1 aliphatic heterocycles. The molecule has 0 unspecified atom stereocenters. The molecule has 1 saturated heterocycles. The van der Waals surface area contributed by atoms with Gasteiger partial charge in [-0.1, -0.05) is 21.9 Å². The molecule has 3 heterocycles. The summed E-state index contributed by atoms with van der Waals surface area (Å²) < 4.78 is 38.7. The third kappa shape index (κ3) is 4.41. The molecule has 4 rings (SSSR count). The molecule has 32 heavy (non-hydrogen) atoms. The highest BCUT2D eigenvalue weighted by Gasteiger charge is 2.37. The van der Waals surface area contributed by atoms with Gasteiger partial charge in [0.1, 0.15) is 17.4 Å². The monoisotopic (exact) mass is 479 g/mol. The van der Waals surface area contributed by atoms with E-state index in [4.69, 9.17) is 20.6 Å². The van der Waals surface area contributed by atoms with Crippen molar-refractivity contribution in [2.24, 2.45) is 0 Å². The Bertz CT molecular complexity index is 1200. The predicted octanol–water partition coefficient (Wildman–Crippen LogP) is 2.85. The highest BCUT2D eigenvalue weighted by Crippen LogP contribution is 2.28. The first kappa shape index (κ1) is 22.4. The van der Waals surface area contributed by atoms with E-state index in [1.807, 2.05) is 0 Å². The summed E-state index contributed by atoms with van der Waals surface area (Å²) in [6.45, 7) is 3.72. The highest BCUT2D eigenvalue weighted by atomic mass is 35.5. The quantitative estimate of drug-likeness (QED) is 0.570. The Morgan fingerprint density at radius 3 is 2.59 bits per heavy atom. The Kier molecular flexibility index (Phi) is 6.31. The number of aryl methyl sites for hydroxylation is 2. The van der Waals surface area contributed by atoms with Crippen molar-refractivity contribution < 1.29 is 22.3 Å². The third-order valence-corrected chi connectivity index (χ3v) is 7.41. The molecule has 0 bridgehead atoms. The Hall–Kier alpha value is -2.76. The van der Waals surface area contributed by atoms with Crippen LogP contribution in [0.5, 0.6) is 0 Å². The summed E-state index contributed by atoms with van der Waals surface area (Å²) in [5.74, 6) is 0.445. The molecule has 1 atom stereocenters. The molecule has 2 aromatic heterocycles. The van der Waals surface area contributed by atoms with Crippen LogP contribution in [-0.4, -0.2) is 46.5 Å². The standard InChI is InChI=1S/C20H22ClN5O5S/c1-12-18(13(2)30-24-12)20-23-17(25-31-20)11-26(16-5-3-4-10-22-19(16)27)32(28,29)15-8-6-14(21)7-9-15/h6-9,16H,3-5,10-11H2,1-2H3,(H,22,27)/t16-/m1/s1. The van der Waals surface area contributed by atoms with Gasteiger partial charge in [-0.2, -0.15) is 9.29 Å². The summed E-state index contributed by atoms with van der Waals surface area (Å²) in [4.78, 5) is 17.1. The van der Waals surface area contributed by atoms with E-state index in [0.717, 1.165) is 10.7 Å². The van der Waals surface area contributed by atoms with Gasteiger partial charge in [0.2, 0.25) is 15.9 Å². The average Bonchev–Trinajstić information content (AvgIpc) is 3.27. The molecule has 12 heteroatoms. The van der Waals surface area contributed by atoms with Gasteiger partial charge < -0.3 is 14.4 Å². The summed E-state index contributed by atoms with van der Waals surface area (Å²) in [6.07, 6.45) is 1.86. The van der Waals surface area contributed by atoms with Crippen LogP contribution in [0.1, 0.15) is 36.5 Å². The van der Waals surface area contributed by atoms with Gasteiger partial charge in [-0.3, -0.25) is 4.79 Å². The Morgan fingerprint density at radius 2 is 1.91 bits per heavy atom. The van der Waals surface area contributed by atoms with Crippen LogP contribution in [0.3, 0.4) is 0 Å². The number of sulfonamides is 1. The average molecular weight is 480 g/mol. The minimum absolute atomic E-state index is 0.0217. The summed E-state index contributed by atoms with van der Waals surface area (Å²) in [5.41, 5.74) is 1.13. The maximum atomic E-state index is 13.5. The van der Waals surface area contributed by atoms with Crippen LogP contribution in [-0.2, 0) is 21.4 Å². The van der Waals surface area contributed by atoms with Gasteiger partial charge in [0.25, 0.3) is 5.89 Å². The van der Waals surface area contributed by atoms with Crippen molar-refractivity contribution in [2.45, 2.75) is 50.6 Å². The Morgan fingerprint density at radius 1 is 1.16 bits per heavy atom. The second-order valence-corrected chi connectivity index (χ2v) is 9.85. The van der Waals surface area contributed by atoms with Gasteiger partial charge in [-0.05, 0) is 57.4 Å². The first-order chi connectivity index (χ1) is 15.3. The molecular formula is C20H22ClN5O5S. The first-order valence-corrected chi connectivity index (χ1v) is 11.9. The number of benzene rings is 1. The van der Waals surface area contributed by atoms with E-state index >= 15 is 0 Å². The molecule has 0 saturated carbocycles. The number of carbonyl (C=O) groups excluding carboxylic acids is 1. The number of amides is 1. The molecule has 3 aromatic rings. The Balaban J connectivity index is 1.71. The van der Waals surface area contributed by atoms with Crippen LogP contribution in [0.15, 0.2) is 38.2 Å². The lowest BCUT2D eigenvalue weighted by molar-refractivity contribution is -0.124. The second-order valence-electron chi connectivity index (χ2n) is 7.52. The maximum absolute atomic E-state index is 13.5. The van der Waals surface area contributed by atoms with Crippen LogP contribution in [0.2, 0.25) is 5.02 Å². The van der Waals surface area contributed by atoms with Crippen LogP contribution >= 0.6 is 11.6 Å². The van der Waals surface area contributed by atoms with Crippen LogP contribution in [0, 0.1) is 13.8 Å². The van der Waals surface area contributed by atoms with E-state index in [1.54, 1.807) is 13.8 Å². The van der Waals surface area contributed by atoms with Gasteiger partial charge in [0.05, 0.1) is 17.1 Å². The normalized spacial score (nSPS) is 17.4. The molecule has 1 fully saturated rings. The molecule has 0 aliphatic carbocycles. The van der Waals surface area contributed by atoms with Gasteiger partial charge in [-0.15, -0.1) is 0 Å². The fourth-order valence-electron chi connectivity index (χ4n) is 3.65. The molecule has 1 amide bonds. The van der Waals surface area contributed by atoms with Crippen molar-refractivity contribution in [2.75, 3.05) is 6.54 Å². The van der Waals surface area contributed by atoms with Gasteiger partial charge in [0.15, 0.2) is 5.82 Å². The molecule has 10 nitrogen and oxygen atoms in total. The summed E-state index contributed by atoms with van der Waals surface area (Å²) in [7, 11) is -4.06. The smallest absolute Gasteiger partial charge is 0.263 e. The fraction of sp³-hybridized carbons (Fsp3) is 0.400. The van der Waals surface area contributed by atoms with Crippen molar-refractivity contribution in [1.82, 2.24) is 24.9 Å². The number of hydrogen-bond acceptors (Lipinski definition) is 8. The van der Waals surface area contributed by atoms with Crippen molar-refractivity contribution in [3.63, 3.8) is 0 Å². The maximum Gasteiger partial charge on any atom is 0.263 e. The topological polar surface area (TPSA) is 131 Å². The number of rotatable bonds is 6.